The molecule has 1 N–H and O–H groups in total. The van der Waals surface area contributed by atoms with E-state index in [9.17, 15) is 9.90 Å². The van der Waals surface area contributed by atoms with Crippen LogP contribution in [0.2, 0.25) is 0 Å². The zero-order valence-electron chi connectivity index (χ0n) is 8.92. The molecule has 0 radical (unpaired) electrons. The molecule has 3 unspecified atom stereocenters. The highest BCUT2D eigenvalue weighted by Gasteiger charge is 2.43. The van der Waals surface area contributed by atoms with Crippen LogP contribution < -0.4 is 0 Å². The van der Waals surface area contributed by atoms with Crippen LogP contribution in [0.3, 0.4) is 0 Å². The standard InChI is InChI=1S/C12H18O2/c1-8-3-4-11(14)10-7-9(13)5-6-12(8,10)2/h7-8,11,14H,3-6H2,1-2H3. The number of carbonyl (C=O) groups excluding carboxylic acids is 1. The summed E-state index contributed by atoms with van der Waals surface area (Å²) in [6.07, 6.45) is 4.77. The van der Waals surface area contributed by atoms with Crippen molar-refractivity contribution in [1.29, 1.82) is 0 Å². The number of aliphatic hydroxyl groups excluding tert-OH is 1. The fraction of sp³-hybridized carbons (Fsp3) is 0.750. The molecular formula is C12H18O2. The number of allylic oxidation sites excluding steroid dienone is 1. The van der Waals surface area contributed by atoms with Crippen LogP contribution in [0.1, 0.15) is 39.5 Å². The Hall–Kier alpha value is -0.630. The highest BCUT2D eigenvalue weighted by molar-refractivity contribution is 5.91. The van der Waals surface area contributed by atoms with Crippen molar-refractivity contribution in [1.82, 2.24) is 0 Å². The predicted octanol–water partition coefficient (Wildman–Crippen LogP) is 2.07. The molecular weight excluding hydrogens is 176 g/mol. The zero-order chi connectivity index (χ0) is 10.3. The quantitative estimate of drug-likeness (QED) is 0.641. The lowest BCUT2D eigenvalue weighted by atomic mass is 9.60. The van der Waals surface area contributed by atoms with Crippen molar-refractivity contribution in [3.05, 3.63) is 11.6 Å². The number of ketones is 1. The third-order valence-corrected chi connectivity index (χ3v) is 4.19. The molecule has 1 fully saturated rings. The van der Waals surface area contributed by atoms with Crippen molar-refractivity contribution >= 4 is 5.78 Å². The Balaban J connectivity index is 2.40. The molecule has 0 aliphatic heterocycles. The normalized spacial score (nSPS) is 43.1. The molecule has 14 heavy (non-hydrogen) atoms. The first-order valence-electron chi connectivity index (χ1n) is 5.47. The molecule has 0 bridgehead atoms. The average Bonchev–Trinajstić information content (AvgIpc) is 2.16. The third-order valence-electron chi connectivity index (χ3n) is 4.19. The van der Waals surface area contributed by atoms with Crippen molar-refractivity contribution < 1.29 is 9.90 Å². The van der Waals surface area contributed by atoms with Gasteiger partial charge in [0.2, 0.25) is 0 Å². The summed E-state index contributed by atoms with van der Waals surface area (Å²) >= 11 is 0. The first-order chi connectivity index (χ1) is 6.54. The van der Waals surface area contributed by atoms with E-state index in [1.54, 1.807) is 6.08 Å². The molecule has 2 aliphatic carbocycles. The molecule has 1 saturated carbocycles. The van der Waals surface area contributed by atoms with Crippen LogP contribution in [0.5, 0.6) is 0 Å². The minimum absolute atomic E-state index is 0.0750. The Labute approximate surface area is 85.0 Å². The van der Waals surface area contributed by atoms with Gasteiger partial charge in [0.25, 0.3) is 0 Å². The molecule has 78 valence electrons. The van der Waals surface area contributed by atoms with Crippen molar-refractivity contribution in [2.75, 3.05) is 0 Å². The molecule has 0 saturated heterocycles. The van der Waals surface area contributed by atoms with Gasteiger partial charge in [-0.25, -0.2) is 0 Å². The van der Waals surface area contributed by atoms with Crippen molar-refractivity contribution in [2.45, 2.75) is 45.6 Å². The van der Waals surface area contributed by atoms with Gasteiger partial charge in [-0.05, 0) is 42.2 Å². The van der Waals surface area contributed by atoms with E-state index in [-0.39, 0.29) is 17.3 Å². The van der Waals surface area contributed by atoms with E-state index < -0.39 is 0 Å². The van der Waals surface area contributed by atoms with Crippen molar-refractivity contribution in [2.24, 2.45) is 11.3 Å². The summed E-state index contributed by atoms with van der Waals surface area (Å²) in [7, 11) is 0. The second-order valence-corrected chi connectivity index (χ2v) is 4.98. The first kappa shape index (κ1) is 9.91. The van der Waals surface area contributed by atoms with E-state index >= 15 is 0 Å². The highest BCUT2D eigenvalue weighted by Crippen LogP contribution is 2.49. The van der Waals surface area contributed by atoms with E-state index in [1.165, 1.54) is 0 Å². The Kier molecular flexibility index (Phi) is 2.26. The molecule has 0 amide bonds. The Bertz CT molecular complexity index is 293. The molecule has 0 aromatic carbocycles. The number of hydrogen-bond donors (Lipinski definition) is 1. The van der Waals surface area contributed by atoms with Gasteiger partial charge >= 0.3 is 0 Å². The molecule has 0 aromatic rings. The van der Waals surface area contributed by atoms with Gasteiger partial charge in [0.15, 0.2) is 5.78 Å². The van der Waals surface area contributed by atoms with Crippen LogP contribution in [0.25, 0.3) is 0 Å². The lowest BCUT2D eigenvalue weighted by Crippen LogP contribution is -2.41. The lowest BCUT2D eigenvalue weighted by Gasteiger charge is -2.46. The van der Waals surface area contributed by atoms with E-state index in [2.05, 4.69) is 13.8 Å². The van der Waals surface area contributed by atoms with Gasteiger partial charge in [-0.1, -0.05) is 13.8 Å². The lowest BCUT2D eigenvalue weighted by molar-refractivity contribution is -0.116. The number of rotatable bonds is 0. The summed E-state index contributed by atoms with van der Waals surface area (Å²) in [5.74, 6) is 0.774. The molecule has 3 atom stereocenters. The maximum atomic E-state index is 11.3. The van der Waals surface area contributed by atoms with Gasteiger partial charge in [0.05, 0.1) is 6.10 Å². The van der Waals surface area contributed by atoms with Crippen LogP contribution in [0.15, 0.2) is 11.6 Å². The first-order valence-corrected chi connectivity index (χ1v) is 5.47. The van der Waals surface area contributed by atoms with Crippen LogP contribution in [0, 0.1) is 11.3 Å². The van der Waals surface area contributed by atoms with Crippen LogP contribution in [-0.2, 0) is 4.79 Å². The number of fused-ring (bicyclic) bond motifs is 1. The summed E-state index contributed by atoms with van der Waals surface area (Å²) in [5.41, 5.74) is 1.07. The molecule has 2 rings (SSSR count). The SMILES string of the molecule is CC1CCC(O)C2=CC(=O)CCC21C. The number of aliphatic hydroxyl groups is 1. The van der Waals surface area contributed by atoms with Gasteiger partial charge in [0, 0.05) is 6.42 Å². The van der Waals surface area contributed by atoms with Gasteiger partial charge in [-0.3, -0.25) is 4.79 Å². The van der Waals surface area contributed by atoms with Crippen LogP contribution >= 0.6 is 0 Å². The second kappa shape index (κ2) is 3.20. The fourth-order valence-electron chi connectivity index (χ4n) is 2.83. The fourth-order valence-corrected chi connectivity index (χ4v) is 2.83. The summed E-state index contributed by atoms with van der Waals surface area (Å²) in [6.45, 7) is 4.42. The Morgan fingerprint density at radius 2 is 2.21 bits per heavy atom. The highest BCUT2D eigenvalue weighted by atomic mass is 16.3. The second-order valence-electron chi connectivity index (χ2n) is 4.98. The smallest absolute Gasteiger partial charge is 0.155 e. The zero-order valence-corrected chi connectivity index (χ0v) is 8.92. The predicted molar refractivity (Wildman–Crippen MR) is 54.8 cm³/mol. The largest absolute Gasteiger partial charge is 0.389 e. The number of carbonyl (C=O) groups is 1. The van der Waals surface area contributed by atoms with E-state index in [0.717, 1.165) is 24.8 Å². The molecule has 2 heteroatoms. The summed E-state index contributed by atoms with van der Waals surface area (Å²) in [5, 5.41) is 9.88. The van der Waals surface area contributed by atoms with Gasteiger partial charge in [-0.15, -0.1) is 0 Å². The maximum Gasteiger partial charge on any atom is 0.155 e. The third kappa shape index (κ3) is 1.33. The maximum absolute atomic E-state index is 11.3. The minimum atomic E-state index is -0.375. The summed E-state index contributed by atoms with van der Waals surface area (Å²) < 4.78 is 0. The topological polar surface area (TPSA) is 37.3 Å². The monoisotopic (exact) mass is 194 g/mol. The molecule has 0 spiro atoms. The Morgan fingerprint density at radius 1 is 1.50 bits per heavy atom. The van der Waals surface area contributed by atoms with E-state index in [1.807, 2.05) is 0 Å². The number of hydrogen-bond acceptors (Lipinski definition) is 2. The molecule has 0 heterocycles. The van der Waals surface area contributed by atoms with Crippen molar-refractivity contribution in [3.8, 4) is 0 Å². The summed E-state index contributed by atoms with van der Waals surface area (Å²) in [4.78, 5) is 11.3. The average molecular weight is 194 g/mol. The van der Waals surface area contributed by atoms with Crippen LogP contribution in [0.4, 0.5) is 0 Å². The molecule has 2 aliphatic rings. The summed E-state index contributed by atoms with van der Waals surface area (Å²) in [6, 6.07) is 0. The Morgan fingerprint density at radius 3 is 2.93 bits per heavy atom. The minimum Gasteiger partial charge on any atom is -0.389 e. The van der Waals surface area contributed by atoms with Gasteiger partial charge in [-0.2, -0.15) is 0 Å². The van der Waals surface area contributed by atoms with E-state index in [0.29, 0.717) is 12.3 Å². The molecule has 0 aromatic heterocycles. The molecule has 2 nitrogen and oxygen atoms in total. The van der Waals surface area contributed by atoms with Crippen molar-refractivity contribution in [3.63, 3.8) is 0 Å². The van der Waals surface area contributed by atoms with Gasteiger partial charge < -0.3 is 5.11 Å². The van der Waals surface area contributed by atoms with Gasteiger partial charge in [0.1, 0.15) is 0 Å². The van der Waals surface area contributed by atoms with Crippen LogP contribution in [-0.4, -0.2) is 17.0 Å². The van der Waals surface area contributed by atoms with E-state index in [4.69, 9.17) is 0 Å².